The molecular weight excluding hydrogens is 400 g/mol. The van der Waals surface area contributed by atoms with Crippen molar-refractivity contribution in [3.8, 4) is 5.75 Å². The Morgan fingerprint density at radius 1 is 1.00 bits per heavy atom. The first kappa shape index (κ1) is 23.5. The smallest absolute Gasteiger partial charge is 0.152 e. The first-order chi connectivity index (χ1) is 15.6. The van der Waals surface area contributed by atoms with Crippen LogP contribution in [0.4, 0.5) is 5.82 Å². The second-order valence-electron chi connectivity index (χ2n) is 7.60. The number of hydrogen-bond donors (Lipinski definition) is 4. The molecule has 0 fully saturated rings. The number of aromatic nitrogens is 3. The van der Waals surface area contributed by atoms with Crippen LogP contribution in [0.15, 0.2) is 36.4 Å². The van der Waals surface area contributed by atoms with E-state index in [1.165, 1.54) is 0 Å². The average Bonchev–Trinajstić information content (AvgIpc) is 3.19. The normalized spacial score (nSPS) is 11.0. The van der Waals surface area contributed by atoms with Gasteiger partial charge in [0.25, 0.3) is 0 Å². The van der Waals surface area contributed by atoms with Gasteiger partial charge in [-0.05, 0) is 30.2 Å². The summed E-state index contributed by atoms with van der Waals surface area (Å²) in [7, 11) is 0. The Bertz CT molecular complexity index is 1190. The highest BCUT2D eigenvalue weighted by atomic mass is 16.3. The fourth-order valence-corrected chi connectivity index (χ4v) is 4.02. The van der Waals surface area contributed by atoms with Crippen LogP contribution in [0.2, 0.25) is 0 Å². The van der Waals surface area contributed by atoms with E-state index in [2.05, 4.69) is 22.5 Å². The zero-order valence-corrected chi connectivity index (χ0v) is 19.2. The van der Waals surface area contributed by atoms with Gasteiger partial charge in [0, 0.05) is 42.6 Å². The number of anilines is 1. The predicted molar refractivity (Wildman–Crippen MR) is 132 cm³/mol. The number of phenolic OH excluding ortho intramolecular Hbond substituents is 1. The molecule has 7 N–H and O–H groups in total. The summed E-state index contributed by atoms with van der Waals surface area (Å²) in [6, 6.07) is 11.9. The maximum absolute atomic E-state index is 10.4. The maximum Gasteiger partial charge on any atom is 0.152 e. The van der Waals surface area contributed by atoms with Gasteiger partial charge in [-0.25, -0.2) is 9.97 Å². The quantitative estimate of drug-likeness (QED) is 0.345. The van der Waals surface area contributed by atoms with Crippen molar-refractivity contribution < 1.29 is 5.11 Å². The van der Waals surface area contributed by atoms with Gasteiger partial charge >= 0.3 is 0 Å². The molecule has 7 heteroatoms. The molecule has 0 aliphatic carbocycles. The third kappa shape index (κ3) is 4.40. The maximum atomic E-state index is 10.4. The molecule has 2 aromatic carbocycles. The van der Waals surface area contributed by atoms with Gasteiger partial charge in [0.1, 0.15) is 17.1 Å². The van der Waals surface area contributed by atoms with Crippen molar-refractivity contribution in [2.24, 2.45) is 11.5 Å². The number of nitrogens with zero attached hydrogens (tertiary/aromatic N) is 3. The van der Waals surface area contributed by atoms with Crippen LogP contribution in [0, 0.1) is 0 Å². The summed E-state index contributed by atoms with van der Waals surface area (Å²) in [4.78, 5) is 9.42. The Hall–Kier alpha value is -3.16. The van der Waals surface area contributed by atoms with Gasteiger partial charge < -0.3 is 26.9 Å². The number of benzene rings is 2. The number of fused-ring (bicyclic) bond motifs is 3. The lowest BCUT2D eigenvalue weighted by Gasteiger charge is -2.14. The first-order valence-corrected chi connectivity index (χ1v) is 11.3. The number of aryl methyl sites for hydroxylation is 1. The SMILES string of the molecule is CC.CCCCc1nc2c(N)nc3ccccc3c2n1Cc1cc(CN)c(O)c(CN)c1. The van der Waals surface area contributed by atoms with E-state index >= 15 is 0 Å². The second kappa shape index (κ2) is 10.4. The molecule has 4 aromatic rings. The van der Waals surface area contributed by atoms with E-state index in [9.17, 15) is 5.11 Å². The predicted octanol–water partition coefficient (Wildman–Crippen LogP) is 4.21. The van der Waals surface area contributed by atoms with E-state index in [4.69, 9.17) is 22.2 Å². The van der Waals surface area contributed by atoms with E-state index in [1.54, 1.807) is 0 Å². The molecule has 0 aliphatic heterocycles. The highest BCUT2D eigenvalue weighted by Crippen LogP contribution is 2.31. The van der Waals surface area contributed by atoms with Crippen molar-refractivity contribution in [2.45, 2.75) is 59.7 Å². The molecule has 4 rings (SSSR count). The molecule has 0 saturated heterocycles. The molecule has 0 unspecified atom stereocenters. The highest BCUT2D eigenvalue weighted by Gasteiger charge is 2.18. The number of imidazole rings is 1. The van der Waals surface area contributed by atoms with Crippen LogP contribution in [0.3, 0.4) is 0 Å². The largest absolute Gasteiger partial charge is 0.507 e. The highest BCUT2D eigenvalue weighted by molar-refractivity contribution is 6.06. The number of pyridine rings is 1. The molecule has 0 spiro atoms. The molecule has 0 aliphatic rings. The number of nitrogen functional groups attached to an aromatic ring is 1. The third-order valence-corrected chi connectivity index (χ3v) is 5.55. The van der Waals surface area contributed by atoms with Gasteiger partial charge in [0.15, 0.2) is 5.82 Å². The van der Waals surface area contributed by atoms with Crippen molar-refractivity contribution in [1.82, 2.24) is 14.5 Å². The summed E-state index contributed by atoms with van der Waals surface area (Å²) in [6.45, 7) is 7.25. The van der Waals surface area contributed by atoms with Gasteiger partial charge in [0.2, 0.25) is 0 Å². The number of para-hydroxylation sites is 1. The minimum Gasteiger partial charge on any atom is -0.507 e. The topological polar surface area (TPSA) is 129 Å². The van der Waals surface area contributed by atoms with Gasteiger partial charge in [-0.1, -0.05) is 45.4 Å². The minimum absolute atomic E-state index is 0.185. The monoisotopic (exact) mass is 434 g/mol. The van der Waals surface area contributed by atoms with Crippen LogP contribution in [0.5, 0.6) is 5.75 Å². The van der Waals surface area contributed by atoms with Crippen LogP contribution >= 0.6 is 0 Å². The fraction of sp³-hybridized carbons (Fsp3) is 0.360. The average molecular weight is 435 g/mol. The first-order valence-electron chi connectivity index (χ1n) is 11.3. The van der Waals surface area contributed by atoms with Gasteiger partial charge in [0.05, 0.1) is 11.0 Å². The summed E-state index contributed by atoms with van der Waals surface area (Å²) >= 11 is 0. The second-order valence-corrected chi connectivity index (χ2v) is 7.60. The van der Waals surface area contributed by atoms with Crippen molar-refractivity contribution in [3.05, 3.63) is 58.9 Å². The number of phenols is 1. The van der Waals surface area contributed by atoms with E-state index < -0.39 is 0 Å². The molecule has 32 heavy (non-hydrogen) atoms. The Balaban J connectivity index is 0.00000141. The van der Waals surface area contributed by atoms with Crippen molar-refractivity contribution in [2.75, 3.05) is 5.73 Å². The number of nitrogens with two attached hydrogens (primary N) is 3. The summed E-state index contributed by atoms with van der Waals surface area (Å²) < 4.78 is 2.22. The lowest BCUT2D eigenvalue weighted by molar-refractivity contribution is 0.461. The molecule has 0 radical (unpaired) electrons. The van der Waals surface area contributed by atoms with Crippen molar-refractivity contribution >= 4 is 27.8 Å². The lowest BCUT2D eigenvalue weighted by Crippen LogP contribution is -2.09. The van der Waals surface area contributed by atoms with Crippen LogP contribution in [0.25, 0.3) is 21.9 Å². The summed E-state index contributed by atoms with van der Waals surface area (Å²) in [5, 5.41) is 11.4. The van der Waals surface area contributed by atoms with Gasteiger partial charge in [-0.15, -0.1) is 0 Å². The van der Waals surface area contributed by atoms with Crippen LogP contribution in [-0.4, -0.2) is 19.6 Å². The molecule has 0 atom stereocenters. The van der Waals surface area contributed by atoms with Crippen LogP contribution in [-0.2, 0) is 26.1 Å². The molecule has 170 valence electrons. The zero-order valence-electron chi connectivity index (χ0n) is 19.2. The molecule has 0 amide bonds. The molecule has 0 bridgehead atoms. The standard InChI is InChI=1S/C23H28N6O.C2H6/c1-2-3-8-19-28-20-21(17-6-4-5-7-18(17)27-23(20)26)29(19)13-14-9-15(11-24)22(30)16(10-14)12-25;1-2/h4-7,9-10,30H,2-3,8,11-13,24-25H2,1H3,(H2,26,27);1-2H3. The van der Waals surface area contributed by atoms with Crippen molar-refractivity contribution in [3.63, 3.8) is 0 Å². The summed E-state index contributed by atoms with van der Waals surface area (Å²) in [5.74, 6) is 1.61. The third-order valence-electron chi connectivity index (χ3n) is 5.55. The fourth-order valence-electron chi connectivity index (χ4n) is 4.02. The lowest BCUT2D eigenvalue weighted by atomic mass is 10.0. The molecule has 0 saturated carbocycles. The summed E-state index contributed by atoms with van der Waals surface area (Å²) in [5.41, 5.74) is 23.0. The molecule has 2 heterocycles. The Morgan fingerprint density at radius 3 is 2.28 bits per heavy atom. The number of hydrogen-bond acceptors (Lipinski definition) is 6. The number of aromatic hydroxyl groups is 1. The van der Waals surface area contributed by atoms with Crippen LogP contribution < -0.4 is 17.2 Å². The summed E-state index contributed by atoms with van der Waals surface area (Å²) in [6.07, 6.45) is 2.96. The van der Waals surface area contributed by atoms with E-state index in [0.717, 1.165) is 52.6 Å². The number of rotatable bonds is 7. The Labute approximate surface area is 189 Å². The minimum atomic E-state index is 0.185. The molecule has 2 aromatic heterocycles. The van der Waals surface area contributed by atoms with Crippen molar-refractivity contribution in [1.29, 1.82) is 0 Å². The zero-order chi connectivity index (χ0) is 23.3. The Morgan fingerprint density at radius 2 is 1.66 bits per heavy atom. The van der Waals surface area contributed by atoms with E-state index in [0.29, 0.717) is 23.5 Å². The van der Waals surface area contributed by atoms with Gasteiger partial charge in [-0.3, -0.25) is 0 Å². The van der Waals surface area contributed by atoms with Gasteiger partial charge in [-0.2, -0.15) is 0 Å². The van der Waals surface area contributed by atoms with E-state index in [1.807, 2.05) is 44.2 Å². The van der Waals surface area contributed by atoms with Crippen LogP contribution in [0.1, 0.15) is 56.1 Å². The molecule has 7 nitrogen and oxygen atoms in total. The number of unbranched alkanes of at least 4 members (excludes halogenated alkanes) is 1. The molecular formula is C25H34N6O. The van der Waals surface area contributed by atoms with E-state index in [-0.39, 0.29) is 18.8 Å². The Kier molecular flexibility index (Phi) is 7.66.